The lowest BCUT2D eigenvalue weighted by atomic mass is 10.1. The van der Waals surface area contributed by atoms with Crippen LogP contribution in [-0.4, -0.2) is 49.7 Å². The van der Waals surface area contributed by atoms with Gasteiger partial charge < -0.3 is 19.6 Å². The first kappa shape index (κ1) is 21.3. The molecule has 1 N–H and O–H groups in total. The van der Waals surface area contributed by atoms with Gasteiger partial charge in [-0.1, -0.05) is 30.3 Å². The molecule has 0 saturated heterocycles. The van der Waals surface area contributed by atoms with Gasteiger partial charge >= 0.3 is 0 Å². The molecule has 156 valence electrons. The van der Waals surface area contributed by atoms with Crippen LogP contribution < -0.4 is 14.5 Å². The number of aromatic nitrogens is 1. The minimum absolute atomic E-state index is 0.0771. The third-order valence-corrected chi connectivity index (χ3v) is 4.71. The molecule has 30 heavy (non-hydrogen) atoms. The Labute approximate surface area is 177 Å². The van der Waals surface area contributed by atoms with E-state index >= 15 is 0 Å². The minimum atomic E-state index is -0.757. The predicted molar refractivity (Wildman–Crippen MR) is 119 cm³/mol. The third-order valence-electron chi connectivity index (χ3n) is 4.71. The molecule has 1 heterocycles. The smallest absolute Gasteiger partial charge is 0.153 e. The second kappa shape index (κ2) is 10.4. The summed E-state index contributed by atoms with van der Waals surface area (Å²) < 4.78 is 5.69. The summed E-state index contributed by atoms with van der Waals surface area (Å²) in [5.41, 5.74) is 2.71. The average Bonchev–Trinajstić information content (AvgIpc) is 2.78. The van der Waals surface area contributed by atoms with E-state index in [4.69, 9.17) is 4.74 Å². The molecule has 1 unspecified atom stereocenters. The molecule has 6 nitrogen and oxygen atoms in total. The molecule has 1 atom stereocenters. The van der Waals surface area contributed by atoms with E-state index in [1.807, 2.05) is 37.2 Å². The molecule has 0 saturated carbocycles. The maximum absolute atomic E-state index is 11.1. The van der Waals surface area contributed by atoms with Crippen LogP contribution in [0.25, 0.3) is 0 Å². The van der Waals surface area contributed by atoms with Gasteiger partial charge in [0.2, 0.25) is 0 Å². The molecule has 0 aliphatic carbocycles. The Balaban J connectivity index is 1.68. The van der Waals surface area contributed by atoms with E-state index in [1.165, 1.54) is 0 Å². The van der Waals surface area contributed by atoms with Crippen LogP contribution in [0.5, 0.6) is 5.75 Å². The molecule has 6 heteroatoms. The number of aliphatic hydroxyl groups is 1. The Bertz CT molecular complexity index is 930. The topological polar surface area (TPSA) is 65.9 Å². The molecule has 0 spiro atoms. The summed E-state index contributed by atoms with van der Waals surface area (Å²) in [5.74, 6) is 1.25. The van der Waals surface area contributed by atoms with Crippen molar-refractivity contribution in [2.24, 2.45) is 0 Å². The first-order chi connectivity index (χ1) is 14.6. The Hall–Kier alpha value is -3.38. The van der Waals surface area contributed by atoms with Crippen LogP contribution in [0.1, 0.15) is 15.9 Å². The highest BCUT2D eigenvalue weighted by Gasteiger charge is 2.16. The van der Waals surface area contributed by atoms with Gasteiger partial charge in [0.15, 0.2) is 6.29 Å². The Morgan fingerprint density at radius 2 is 1.77 bits per heavy atom. The van der Waals surface area contributed by atoms with Gasteiger partial charge in [0.25, 0.3) is 0 Å². The van der Waals surface area contributed by atoms with Crippen molar-refractivity contribution in [2.75, 3.05) is 37.0 Å². The molecule has 3 rings (SSSR count). The largest absolute Gasteiger partial charge is 0.490 e. The molecule has 0 aliphatic heterocycles. The number of aldehydes is 1. The third kappa shape index (κ3) is 5.81. The van der Waals surface area contributed by atoms with Crippen molar-refractivity contribution >= 4 is 17.8 Å². The zero-order valence-corrected chi connectivity index (χ0v) is 17.3. The van der Waals surface area contributed by atoms with Crippen molar-refractivity contribution < 1.29 is 14.6 Å². The molecular formula is C24H27N3O3. The fourth-order valence-electron chi connectivity index (χ4n) is 3.10. The molecule has 3 aromatic rings. The number of para-hydroxylation sites is 1. The fraction of sp³-hybridized carbons (Fsp3) is 0.250. The summed E-state index contributed by atoms with van der Waals surface area (Å²) in [6.45, 7) is 1.02. The zero-order chi connectivity index (χ0) is 21.3. The number of benzene rings is 2. The van der Waals surface area contributed by atoms with Crippen LogP contribution in [0.4, 0.5) is 11.5 Å². The standard InChI is InChI=1S/C24H27N3O3/c1-26(2)21-12-10-19(11-13-21)15-27(24-9-5-6-14-25-24)16-22(29)18-30-23-8-4-3-7-20(23)17-28/h3-14,17,22,29H,15-16,18H2,1-2H3. The Kier molecular flexibility index (Phi) is 7.40. The second-order valence-electron chi connectivity index (χ2n) is 7.25. The summed E-state index contributed by atoms with van der Waals surface area (Å²) >= 11 is 0. The molecule has 0 radical (unpaired) electrons. The lowest BCUT2D eigenvalue weighted by molar-refractivity contribution is 0.106. The first-order valence-electron chi connectivity index (χ1n) is 9.84. The van der Waals surface area contributed by atoms with Crippen LogP contribution in [0.3, 0.4) is 0 Å². The summed E-state index contributed by atoms with van der Waals surface area (Å²) in [6.07, 6.45) is 1.73. The molecule has 0 fully saturated rings. The van der Waals surface area contributed by atoms with E-state index in [0.717, 1.165) is 23.4 Å². The highest BCUT2D eigenvalue weighted by Crippen LogP contribution is 2.19. The SMILES string of the molecule is CN(C)c1ccc(CN(CC(O)COc2ccccc2C=O)c2ccccn2)cc1. The van der Waals surface area contributed by atoms with Gasteiger partial charge in [0.05, 0.1) is 5.56 Å². The maximum Gasteiger partial charge on any atom is 0.153 e. The van der Waals surface area contributed by atoms with Gasteiger partial charge in [-0.05, 0) is 42.0 Å². The van der Waals surface area contributed by atoms with Gasteiger partial charge in [-0.3, -0.25) is 4.79 Å². The highest BCUT2D eigenvalue weighted by atomic mass is 16.5. The normalized spacial score (nSPS) is 11.6. The average molecular weight is 405 g/mol. The summed E-state index contributed by atoms with van der Waals surface area (Å²) in [6, 6.07) is 21.0. The van der Waals surface area contributed by atoms with Gasteiger partial charge in [-0.2, -0.15) is 0 Å². The van der Waals surface area contributed by atoms with Crippen LogP contribution in [0, 0.1) is 0 Å². The number of carbonyl (C=O) groups excluding carboxylic acids is 1. The predicted octanol–water partition coefficient (Wildman–Crippen LogP) is 3.41. The number of hydrogen-bond acceptors (Lipinski definition) is 6. The van der Waals surface area contributed by atoms with Crippen molar-refractivity contribution in [3.63, 3.8) is 0 Å². The minimum Gasteiger partial charge on any atom is -0.490 e. The van der Waals surface area contributed by atoms with E-state index in [1.54, 1.807) is 30.5 Å². The van der Waals surface area contributed by atoms with Crippen molar-refractivity contribution in [3.8, 4) is 5.75 Å². The van der Waals surface area contributed by atoms with E-state index < -0.39 is 6.10 Å². The molecule has 0 bridgehead atoms. The monoisotopic (exact) mass is 405 g/mol. The van der Waals surface area contributed by atoms with Crippen molar-refractivity contribution in [1.82, 2.24) is 4.98 Å². The Morgan fingerprint density at radius 1 is 1.03 bits per heavy atom. The molecule has 1 aromatic heterocycles. The van der Waals surface area contributed by atoms with E-state index in [0.29, 0.717) is 24.4 Å². The number of carbonyl (C=O) groups is 1. The fourth-order valence-corrected chi connectivity index (χ4v) is 3.10. The maximum atomic E-state index is 11.1. The second-order valence-corrected chi connectivity index (χ2v) is 7.25. The zero-order valence-electron chi connectivity index (χ0n) is 17.3. The molecule has 2 aromatic carbocycles. The highest BCUT2D eigenvalue weighted by molar-refractivity contribution is 5.79. The number of hydrogen-bond donors (Lipinski definition) is 1. The number of anilines is 2. The van der Waals surface area contributed by atoms with Gasteiger partial charge in [0, 0.05) is 39.1 Å². The number of ether oxygens (including phenoxy) is 1. The lowest BCUT2D eigenvalue weighted by Gasteiger charge is -2.27. The quantitative estimate of drug-likeness (QED) is 0.522. The van der Waals surface area contributed by atoms with Gasteiger partial charge in [0.1, 0.15) is 24.3 Å². The van der Waals surface area contributed by atoms with Gasteiger partial charge in [-0.15, -0.1) is 0 Å². The Morgan fingerprint density at radius 3 is 2.43 bits per heavy atom. The van der Waals surface area contributed by atoms with E-state index in [2.05, 4.69) is 34.1 Å². The van der Waals surface area contributed by atoms with Crippen LogP contribution >= 0.6 is 0 Å². The number of pyridine rings is 1. The van der Waals surface area contributed by atoms with Gasteiger partial charge in [-0.25, -0.2) is 4.98 Å². The lowest BCUT2D eigenvalue weighted by Crippen LogP contribution is -2.36. The van der Waals surface area contributed by atoms with E-state index in [-0.39, 0.29) is 6.61 Å². The molecule has 0 amide bonds. The molecule has 0 aliphatic rings. The van der Waals surface area contributed by atoms with Crippen molar-refractivity contribution in [3.05, 3.63) is 84.1 Å². The number of aliphatic hydroxyl groups excluding tert-OH is 1. The van der Waals surface area contributed by atoms with Crippen LogP contribution in [0.15, 0.2) is 72.9 Å². The van der Waals surface area contributed by atoms with Crippen molar-refractivity contribution in [2.45, 2.75) is 12.6 Å². The molecular weight excluding hydrogens is 378 g/mol. The summed E-state index contributed by atoms with van der Waals surface area (Å²) in [4.78, 5) is 19.7. The summed E-state index contributed by atoms with van der Waals surface area (Å²) in [5, 5.41) is 10.6. The number of nitrogens with zero attached hydrogens (tertiary/aromatic N) is 3. The first-order valence-corrected chi connectivity index (χ1v) is 9.84. The number of rotatable bonds is 10. The van der Waals surface area contributed by atoms with Crippen LogP contribution in [0.2, 0.25) is 0 Å². The van der Waals surface area contributed by atoms with Crippen molar-refractivity contribution in [1.29, 1.82) is 0 Å². The summed E-state index contributed by atoms with van der Waals surface area (Å²) in [7, 11) is 4.02. The van der Waals surface area contributed by atoms with Crippen LogP contribution in [-0.2, 0) is 6.54 Å². The van der Waals surface area contributed by atoms with E-state index in [9.17, 15) is 9.90 Å².